The van der Waals surface area contributed by atoms with Crippen molar-refractivity contribution < 1.29 is 9.47 Å². The first-order chi connectivity index (χ1) is 6.61. The van der Waals surface area contributed by atoms with Crippen LogP contribution < -0.4 is 4.74 Å². The molecule has 0 spiro atoms. The number of rotatable bonds is 3. The van der Waals surface area contributed by atoms with Crippen molar-refractivity contribution in [1.82, 2.24) is 0 Å². The van der Waals surface area contributed by atoms with Gasteiger partial charge in [0, 0.05) is 10.0 Å². The highest BCUT2D eigenvalue weighted by Gasteiger charge is 2.40. The Morgan fingerprint density at radius 2 is 2.29 bits per heavy atom. The Kier molecular flexibility index (Phi) is 2.54. The Morgan fingerprint density at radius 1 is 1.57 bits per heavy atom. The molecule has 0 aromatic heterocycles. The molecule has 14 heavy (non-hydrogen) atoms. The van der Waals surface area contributed by atoms with E-state index in [1.165, 1.54) is 0 Å². The molecule has 2 nitrogen and oxygen atoms in total. The van der Waals surface area contributed by atoms with Gasteiger partial charge in [0.15, 0.2) is 0 Å². The third-order valence-corrected chi connectivity index (χ3v) is 3.25. The Bertz CT molecular complexity index is 345. The minimum absolute atomic E-state index is 0.0469. The third-order valence-electron chi connectivity index (χ3n) is 2.39. The highest BCUT2D eigenvalue weighted by Crippen LogP contribution is 2.30. The number of benzene rings is 1. The molecule has 2 rings (SSSR count). The van der Waals surface area contributed by atoms with Crippen LogP contribution in [0.4, 0.5) is 0 Å². The van der Waals surface area contributed by atoms with E-state index in [1.54, 1.807) is 0 Å². The van der Waals surface area contributed by atoms with E-state index in [2.05, 4.69) is 22.9 Å². The van der Waals surface area contributed by atoms with E-state index in [0.29, 0.717) is 6.61 Å². The summed E-state index contributed by atoms with van der Waals surface area (Å²) in [6, 6.07) is 5.96. The van der Waals surface area contributed by atoms with Gasteiger partial charge in [0.25, 0.3) is 0 Å². The predicted molar refractivity (Wildman–Crippen MR) is 58.7 cm³/mol. The van der Waals surface area contributed by atoms with Crippen LogP contribution in [0.3, 0.4) is 0 Å². The Balaban J connectivity index is 2.05. The zero-order valence-electron chi connectivity index (χ0n) is 8.34. The molecule has 1 aliphatic rings. The van der Waals surface area contributed by atoms with Crippen LogP contribution in [0.1, 0.15) is 12.5 Å². The zero-order valence-corrected chi connectivity index (χ0v) is 9.93. The second kappa shape index (κ2) is 3.55. The van der Waals surface area contributed by atoms with Gasteiger partial charge in [-0.2, -0.15) is 0 Å². The van der Waals surface area contributed by atoms with E-state index in [0.717, 1.165) is 22.4 Å². The van der Waals surface area contributed by atoms with E-state index in [-0.39, 0.29) is 5.60 Å². The van der Waals surface area contributed by atoms with Gasteiger partial charge < -0.3 is 9.47 Å². The SMILES string of the molecule is Cc1c(Br)cccc1OCC1(C)CO1. The maximum absolute atomic E-state index is 5.69. The van der Waals surface area contributed by atoms with E-state index < -0.39 is 0 Å². The van der Waals surface area contributed by atoms with Gasteiger partial charge in [-0.1, -0.05) is 22.0 Å². The Morgan fingerprint density at radius 3 is 2.93 bits per heavy atom. The monoisotopic (exact) mass is 256 g/mol. The van der Waals surface area contributed by atoms with Crippen LogP contribution >= 0.6 is 15.9 Å². The van der Waals surface area contributed by atoms with Crippen molar-refractivity contribution in [3.05, 3.63) is 28.2 Å². The molecular weight excluding hydrogens is 244 g/mol. The fourth-order valence-corrected chi connectivity index (χ4v) is 1.53. The van der Waals surface area contributed by atoms with Crippen LogP contribution in [0.25, 0.3) is 0 Å². The van der Waals surface area contributed by atoms with Crippen molar-refractivity contribution in [2.24, 2.45) is 0 Å². The Labute approximate surface area is 92.3 Å². The molecule has 1 aromatic rings. The second-order valence-electron chi connectivity index (χ2n) is 3.89. The first-order valence-electron chi connectivity index (χ1n) is 4.63. The molecule has 0 aliphatic carbocycles. The molecule has 0 N–H and O–H groups in total. The molecular formula is C11H13BrO2. The minimum Gasteiger partial charge on any atom is -0.490 e. The van der Waals surface area contributed by atoms with Gasteiger partial charge in [-0.25, -0.2) is 0 Å². The van der Waals surface area contributed by atoms with Crippen LogP contribution in [-0.2, 0) is 4.74 Å². The molecule has 0 amide bonds. The van der Waals surface area contributed by atoms with Crippen LogP contribution in [0.15, 0.2) is 22.7 Å². The smallest absolute Gasteiger partial charge is 0.123 e. The quantitative estimate of drug-likeness (QED) is 0.776. The highest BCUT2D eigenvalue weighted by molar-refractivity contribution is 9.10. The molecule has 0 saturated carbocycles. The summed E-state index contributed by atoms with van der Waals surface area (Å²) in [5.41, 5.74) is 1.09. The van der Waals surface area contributed by atoms with Crippen molar-refractivity contribution in [2.75, 3.05) is 13.2 Å². The fourth-order valence-electron chi connectivity index (χ4n) is 1.18. The zero-order chi connectivity index (χ0) is 10.2. The molecule has 1 atom stereocenters. The third kappa shape index (κ3) is 2.10. The molecule has 1 aromatic carbocycles. The van der Waals surface area contributed by atoms with E-state index in [1.807, 2.05) is 25.1 Å². The van der Waals surface area contributed by atoms with Crippen molar-refractivity contribution >= 4 is 15.9 Å². The summed E-state index contributed by atoms with van der Waals surface area (Å²) in [5.74, 6) is 0.927. The maximum atomic E-state index is 5.69. The van der Waals surface area contributed by atoms with Gasteiger partial charge in [-0.15, -0.1) is 0 Å². The van der Waals surface area contributed by atoms with Crippen molar-refractivity contribution in [1.29, 1.82) is 0 Å². The lowest BCUT2D eigenvalue weighted by Gasteiger charge is -2.11. The highest BCUT2D eigenvalue weighted by atomic mass is 79.9. The summed E-state index contributed by atoms with van der Waals surface area (Å²) in [5, 5.41) is 0. The van der Waals surface area contributed by atoms with Crippen molar-refractivity contribution in [3.8, 4) is 5.75 Å². The van der Waals surface area contributed by atoms with Gasteiger partial charge in [0.2, 0.25) is 0 Å². The molecule has 3 heteroatoms. The van der Waals surface area contributed by atoms with Crippen LogP contribution in [0, 0.1) is 6.92 Å². The number of hydrogen-bond donors (Lipinski definition) is 0. The summed E-state index contributed by atoms with van der Waals surface area (Å²) in [6.07, 6.45) is 0. The van der Waals surface area contributed by atoms with E-state index in [9.17, 15) is 0 Å². The molecule has 1 aliphatic heterocycles. The lowest BCUT2D eigenvalue weighted by Crippen LogP contribution is -2.17. The first-order valence-corrected chi connectivity index (χ1v) is 5.42. The van der Waals surface area contributed by atoms with Gasteiger partial charge in [-0.3, -0.25) is 0 Å². The molecule has 1 heterocycles. The fraction of sp³-hybridized carbons (Fsp3) is 0.455. The van der Waals surface area contributed by atoms with Crippen molar-refractivity contribution in [3.63, 3.8) is 0 Å². The molecule has 1 fully saturated rings. The standard InChI is InChI=1S/C11H13BrO2/c1-8-9(12)4-3-5-10(8)13-6-11(2)7-14-11/h3-5H,6-7H2,1-2H3. The van der Waals surface area contributed by atoms with Gasteiger partial charge in [0.1, 0.15) is 18.0 Å². The summed E-state index contributed by atoms with van der Waals surface area (Å²) in [4.78, 5) is 0. The normalized spacial score (nSPS) is 24.8. The van der Waals surface area contributed by atoms with Crippen LogP contribution in [0.2, 0.25) is 0 Å². The number of halogens is 1. The lowest BCUT2D eigenvalue weighted by molar-refractivity contribution is 0.201. The minimum atomic E-state index is -0.0469. The number of hydrogen-bond acceptors (Lipinski definition) is 2. The van der Waals surface area contributed by atoms with E-state index in [4.69, 9.17) is 9.47 Å². The average Bonchev–Trinajstić information content (AvgIpc) is 2.88. The van der Waals surface area contributed by atoms with Crippen LogP contribution in [-0.4, -0.2) is 18.8 Å². The molecule has 76 valence electrons. The average molecular weight is 257 g/mol. The first kappa shape index (κ1) is 9.99. The van der Waals surface area contributed by atoms with E-state index >= 15 is 0 Å². The van der Waals surface area contributed by atoms with Gasteiger partial charge in [-0.05, 0) is 26.0 Å². The maximum Gasteiger partial charge on any atom is 0.123 e. The second-order valence-corrected chi connectivity index (χ2v) is 4.74. The topological polar surface area (TPSA) is 21.8 Å². The summed E-state index contributed by atoms with van der Waals surface area (Å²) in [6.45, 7) is 5.53. The number of ether oxygens (including phenoxy) is 2. The van der Waals surface area contributed by atoms with Gasteiger partial charge >= 0.3 is 0 Å². The summed E-state index contributed by atoms with van der Waals surface area (Å²) in [7, 11) is 0. The predicted octanol–water partition coefficient (Wildman–Crippen LogP) is 2.93. The summed E-state index contributed by atoms with van der Waals surface area (Å²) >= 11 is 3.47. The largest absolute Gasteiger partial charge is 0.490 e. The number of epoxide rings is 1. The summed E-state index contributed by atoms with van der Waals surface area (Å²) < 4.78 is 12.0. The van der Waals surface area contributed by atoms with Crippen molar-refractivity contribution in [2.45, 2.75) is 19.4 Å². The van der Waals surface area contributed by atoms with Gasteiger partial charge in [0.05, 0.1) is 6.61 Å². The molecule has 0 bridgehead atoms. The molecule has 1 saturated heterocycles. The lowest BCUT2D eigenvalue weighted by atomic mass is 10.2. The Hall–Kier alpha value is -0.540. The van der Waals surface area contributed by atoms with Crippen LogP contribution in [0.5, 0.6) is 5.75 Å². The molecule has 0 radical (unpaired) electrons. The molecule has 1 unspecified atom stereocenters.